The molecule has 0 aromatic heterocycles. The lowest BCUT2D eigenvalue weighted by Gasteiger charge is -2.17. The van der Waals surface area contributed by atoms with E-state index in [0.29, 0.717) is 31.4 Å². The van der Waals surface area contributed by atoms with Crippen molar-refractivity contribution in [2.45, 2.75) is 32.1 Å². The Labute approximate surface area is 155 Å². The van der Waals surface area contributed by atoms with Crippen LogP contribution >= 0.6 is 0 Å². The van der Waals surface area contributed by atoms with Crippen molar-refractivity contribution in [3.8, 4) is 11.5 Å². The molecule has 1 atom stereocenters. The third-order valence-corrected chi connectivity index (χ3v) is 4.85. The number of nitrogens with one attached hydrogen (secondary N) is 1. The van der Waals surface area contributed by atoms with Gasteiger partial charge in [0.1, 0.15) is 18.1 Å². The largest absolute Gasteiger partial charge is 0.497 e. The van der Waals surface area contributed by atoms with Crippen molar-refractivity contribution in [1.82, 2.24) is 5.32 Å². The van der Waals surface area contributed by atoms with Crippen molar-refractivity contribution in [3.63, 3.8) is 0 Å². The van der Waals surface area contributed by atoms with Crippen LogP contribution in [0, 0.1) is 12.8 Å². The summed E-state index contributed by atoms with van der Waals surface area (Å²) < 4.78 is 10.8. The van der Waals surface area contributed by atoms with Gasteiger partial charge in [-0.2, -0.15) is 0 Å². The van der Waals surface area contributed by atoms with E-state index in [-0.39, 0.29) is 5.91 Å². The first-order chi connectivity index (χ1) is 12.7. The van der Waals surface area contributed by atoms with E-state index in [1.54, 1.807) is 7.11 Å². The van der Waals surface area contributed by atoms with Crippen LogP contribution in [-0.4, -0.2) is 26.2 Å². The molecule has 2 aromatic rings. The summed E-state index contributed by atoms with van der Waals surface area (Å²) in [5, 5.41) is 2.98. The third-order valence-electron chi connectivity index (χ3n) is 4.85. The summed E-state index contributed by atoms with van der Waals surface area (Å²) in [6.45, 7) is 3.05. The zero-order chi connectivity index (χ0) is 18.4. The minimum absolute atomic E-state index is 0.0980. The summed E-state index contributed by atoms with van der Waals surface area (Å²) in [5.41, 5.74) is 2.53. The Balaban J connectivity index is 1.43. The molecule has 1 amide bonds. The van der Waals surface area contributed by atoms with Crippen LogP contribution in [0.2, 0.25) is 0 Å². The minimum atomic E-state index is 0.0980. The van der Waals surface area contributed by atoms with E-state index in [2.05, 4.69) is 36.5 Å². The quantitative estimate of drug-likeness (QED) is 0.691. The van der Waals surface area contributed by atoms with Crippen LogP contribution in [0.1, 0.15) is 36.3 Å². The number of methoxy groups -OCH3 is 1. The average Bonchev–Trinajstić information content (AvgIpc) is 3.50. The van der Waals surface area contributed by atoms with Crippen LogP contribution in [0.25, 0.3) is 0 Å². The molecule has 4 nitrogen and oxygen atoms in total. The molecule has 0 radical (unpaired) electrons. The van der Waals surface area contributed by atoms with Gasteiger partial charge in [0.25, 0.3) is 0 Å². The zero-order valence-corrected chi connectivity index (χ0v) is 15.5. The molecule has 2 aromatic carbocycles. The highest BCUT2D eigenvalue weighted by atomic mass is 16.5. The molecule has 138 valence electrons. The lowest BCUT2D eigenvalue weighted by atomic mass is 9.90. The van der Waals surface area contributed by atoms with Crippen molar-refractivity contribution >= 4 is 5.91 Å². The zero-order valence-electron chi connectivity index (χ0n) is 15.5. The number of ether oxygens (including phenoxy) is 2. The van der Waals surface area contributed by atoms with Crippen LogP contribution < -0.4 is 14.8 Å². The molecular formula is C22H27NO3. The minimum Gasteiger partial charge on any atom is -0.497 e. The lowest BCUT2D eigenvalue weighted by molar-refractivity contribution is -0.121. The molecule has 3 rings (SSSR count). The second kappa shape index (κ2) is 8.75. The normalized spacial score (nSPS) is 14.5. The number of hydrogen-bond acceptors (Lipinski definition) is 3. The van der Waals surface area contributed by atoms with Crippen LogP contribution in [0.5, 0.6) is 11.5 Å². The molecule has 1 aliphatic rings. The second-order valence-corrected chi connectivity index (χ2v) is 6.93. The van der Waals surface area contributed by atoms with Crippen LogP contribution in [0.15, 0.2) is 48.5 Å². The number of carbonyl (C=O) groups is 1. The number of rotatable bonds is 9. The molecule has 1 fully saturated rings. The molecule has 0 heterocycles. The highest BCUT2D eigenvalue weighted by molar-refractivity contribution is 5.77. The maximum atomic E-state index is 12.3. The van der Waals surface area contributed by atoms with Gasteiger partial charge in [0.05, 0.1) is 13.7 Å². The highest BCUT2D eigenvalue weighted by Gasteiger charge is 2.33. The van der Waals surface area contributed by atoms with Gasteiger partial charge in [0.15, 0.2) is 0 Å². The van der Waals surface area contributed by atoms with Gasteiger partial charge < -0.3 is 14.8 Å². The van der Waals surface area contributed by atoms with E-state index in [1.165, 1.54) is 24.0 Å². The lowest BCUT2D eigenvalue weighted by Crippen LogP contribution is -2.29. The van der Waals surface area contributed by atoms with Crippen LogP contribution in [0.3, 0.4) is 0 Å². The van der Waals surface area contributed by atoms with Gasteiger partial charge in [0.2, 0.25) is 5.91 Å². The first kappa shape index (κ1) is 18.3. The molecule has 26 heavy (non-hydrogen) atoms. The van der Waals surface area contributed by atoms with E-state index in [1.807, 2.05) is 24.3 Å². The summed E-state index contributed by atoms with van der Waals surface area (Å²) in [7, 11) is 1.64. The number of hydrogen-bond donors (Lipinski definition) is 1. The van der Waals surface area contributed by atoms with Crippen LogP contribution in [-0.2, 0) is 4.79 Å². The SMILES string of the molecule is COc1ccc(OCCNC(=O)CC(c2ccc(C)cc2)C2CC2)cc1. The first-order valence-electron chi connectivity index (χ1n) is 9.26. The molecule has 0 saturated heterocycles. The van der Waals surface area contributed by atoms with E-state index in [9.17, 15) is 4.79 Å². The van der Waals surface area contributed by atoms with E-state index in [0.717, 1.165) is 11.5 Å². The van der Waals surface area contributed by atoms with Gasteiger partial charge in [0, 0.05) is 6.42 Å². The Hall–Kier alpha value is -2.49. The Morgan fingerprint density at radius 1 is 1.08 bits per heavy atom. The number of benzene rings is 2. The van der Waals surface area contributed by atoms with E-state index in [4.69, 9.17) is 9.47 Å². The van der Waals surface area contributed by atoms with Crippen molar-refractivity contribution in [2.75, 3.05) is 20.3 Å². The molecule has 1 N–H and O–H groups in total. The molecular weight excluding hydrogens is 326 g/mol. The summed E-state index contributed by atoms with van der Waals surface area (Å²) in [6.07, 6.45) is 3.01. The third kappa shape index (κ3) is 5.25. The molecule has 4 heteroatoms. The topological polar surface area (TPSA) is 47.6 Å². The Kier molecular flexibility index (Phi) is 6.16. The van der Waals surface area contributed by atoms with E-state index < -0.39 is 0 Å². The fourth-order valence-corrected chi connectivity index (χ4v) is 3.17. The fraction of sp³-hybridized carbons (Fsp3) is 0.409. The van der Waals surface area contributed by atoms with Crippen molar-refractivity contribution in [2.24, 2.45) is 5.92 Å². The maximum absolute atomic E-state index is 12.3. The molecule has 0 aliphatic heterocycles. The van der Waals surface area contributed by atoms with E-state index >= 15 is 0 Å². The smallest absolute Gasteiger partial charge is 0.220 e. The monoisotopic (exact) mass is 353 g/mol. The predicted octanol–water partition coefficient (Wildman–Crippen LogP) is 4.08. The molecule has 0 spiro atoms. The van der Waals surface area contributed by atoms with Crippen molar-refractivity contribution in [1.29, 1.82) is 0 Å². The van der Waals surface area contributed by atoms with Crippen LogP contribution in [0.4, 0.5) is 0 Å². The molecule has 0 bridgehead atoms. The molecule has 1 unspecified atom stereocenters. The van der Waals surface area contributed by atoms with Gasteiger partial charge in [-0.25, -0.2) is 0 Å². The van der Waals surface area contributed by atoms with Gasteiger partial charge >= 0.3 is 0 Å². The standard InChI is InChI=1S/C22H27NO3/c1-16-3-5-17(6-4-16)21(18-7-8-18)15-22(24)23-13-14-26-20-11-9-19(25-2)10-12-20/h3-6,9-12,18,21H,7-8,13-15H2,1-2H3,(H,23,24). The molecule has 1 saturated carbocycles. The fourth-order valence-electron chi connectivity index (χ4n) is 3.17. The van der Waals surface area contributed by atoms with Gasteiger partial charge in [-0.3, -0.25) is 4.79 Å². The van der Waals surface area contributed by atoms with Gasteiger partial charge in [-0.15, -0.1) is 0 Å². The summed E-state index contributed by atoms with van der Waals surface area (Å²) >= 11 is 0. The van der Waals surface area contributed by atoms with Crippen molar-refractivity contribution < 1.29 is 14.3 Å². The van der Waals surface area contributed by atoms with Crippen molar-refractivity contribution in [3.05, 3.63) is 59.7 Å². The first-order valence-corrected chi connectivity index (χ1v) is 9.26. The number of amides is 1. The maximum Gasteiger partial charge on any atom is 0.220 e. The Morgan fingerprint density at radius 2 is 1.73 bits per heavy atom. The highest BCUT2D eigenvalue weighted by Crippen LogP contribution is 2.44. The molecule has 1 aliphatic carbocycles. The Morgan fingerprint density at radius 3 is 2.35 bits per heavy atom. The second-order valence-electron chi connectivity index (χ2n) is 6.93. The summed E-state index contributed by atoms with van der Waals surface area (Å²) in [4.78, 5) is 12.3. The van der Waals surface area contributed by atoms with Gasteiger partial charge in [-0.1, -0.05) is 29.8 Å². The number of aryl methyl sites for hydroxylation is 1. The van der Waals surface area contributed by atoms with Gasteiger partial charge in [-0.05, 0) is 61.4 Å². The summed E-state index contributed by atoms with van der Waals surface area (Å²) in [6, 6.07) is 16.0. The summed E-state index contributed by atoms with van der Waals surface area (Å²) in [5.74, 6) is 2.65. The Bertz CT molecular complexity index is 705. The average molecular weight is 353 g/mol. The number of carbonyl (C=O) groups excluding carboxylic acids is 1. The predicted molar refractivity (Wildman–Crippen MR) is 103 cm³/mol.